The third kappa shape index (κ3) is 6.59. The molecule has 0 unspecified atom stereocenters. The van der Waals surface area contributed by atoms with E-state index in [1.807, 2.05) is 24.3 Å². The summed E-state index contributed by atoms with van der Waals surface area (Å²) in [7, 11) is 1.68. The van der Waals surface area contributed by atoms with Gasteiger partial charge in [-0.25, -0.2) is 0 Å². The second-order valence-corrected chi connectivity index (χ2v) is 6.03. The molecule has 4 nitrogen and oxygen atoms in total. The van der Waals surface area contributed by atoms with Crippen LogP contribution in [0.4, 0.5) is 0 Å². The highest BCUT2D eigenvalue weighted by Gasteiger charge is 2.19. The van der Waals surface area contributed by atoms with Crippen LogP contribution in [0.1, 0.15) is 20.3 Å². The van der Waals surface area contributed by atoms with Gasteiger partial charge in [0, 0.05) is 18.1 Å². The molecule has 0 spiro atoms. The Hall–Kier alpha value is -1.07. The number of hydrogen-bond donors (Lipinski definition) is 1. The third-order valence-electron chi connectivity index (χ3n) is 2.45. The molecule has 0 saturated carbocycles. The Morgan fingerprint density at radius 3 is 2.47 bits per heavy atom. The van der Waals surface area contributed by atoms with Crippen LogP contribution in [0.15, 0.2) is 28.7 Å². The Labute approximate surface area is 122 Å². The van der Waals surface area contributed by atoms with E-state index < -0.39 is 5.60 Å². The van der Waals surface area contributed by atoms with Crippen molar-refractivity contribution in [3.05, 3.63) is 28.7 Å². The Balaban J connectivity index is 2.32. The molecule has 0 aromatic heterocycles. The minimum absolute atomic E-state index is 0.0424. The van der Waals surface area contributed by atoms with Gasteiger partial charge in [-0.15, -0.1) is 0 Å². The molecule has 0 radical (unpaired) electrons. The van der Waals surface area contributed by atoms with Crippen LogP contribution in [0.2, 0.25) is 0 Å². The first-order valence-corrected chi connectivity index (χ1v) is 6.92. The number of ether oxygens (including phenoxy) is 1. The standard InChI is InChI=1S/C14H20BrNO3/c1-14(2,18)10-16(3)13(17)8-9-19-12-6-4-11(15)5-7-12/h4-7,18H,8-10H2,1-3H3. The average Bonchev–Trinajstić information content (AvgIpc) is 2.29. The summed E-state index contributed by atoms with van der Waals surface area (Å²) < 4.78 is 6.47. The van der Waals surface area contributed by atoms with Gasteiger partial charge in [0.2, 0.25) is 5.91 Å². The highest BCUT2D eigenvalue weighted by Crippen LogP contribution is 2.16. The Kier molecular flexibility index (Phi) is 5.82. The number of nitrogens with zero attached hydrogens (tertiary/aromatic N) is 1. The van der Waals surface area contributed by atoms with Crippen LogP contribution in [-0.2, 0) is 4.79 Å². The molecule has 1 aromatic carbocycles. The van der Waals surface area contributed by atoms with Crippen molar-refractivity contribution < 1.29 is 14.6 Å². The summed E-state index contributed by atoms with van der Waals surface area (Å²) >= 11 is 3.34. The lowest BCUT2D eigenvalue weighted by molar-refractivity contribution is -0.133. The van der Waals surface area contributed by atoms with Crippen LogP contribution >= 0.6 is 15.9 Å². The molecule has 0 atom stereocenters. The molecule has 106 valence electrons. The number of carbonyl (C=O) groups excluding carboxylic acids is 1. The summed E-state index contributed by atoms with van der Waals surface area (Å²) in [6, 6.07) is 7.46. The maximum absolute atomic E-state index is 11.8. The SMILES string of the molecule is CN(CC(C)(C)O)C(=O)CCOc1ccc(Br)cc1. The van der Waals surface area contributed by atoms with E-state index in [2.05, 4.69) is 15.9 Å². The highest BCUT2D eigenvalue weighted by molar-refractivity contribution is 9.10. The Morgan fingerprint density at radius 2 is 1.95 bits per heavy atom. The van der Waals surface area contributed by atoms with Gasteiger partial charge in [-0.1, -0.05) is 15.9 Å². The quantitative estimate of drug-likeness (QED) is 0.872. The molecule has 0 heterocycles. The molecule has 0 aliphatic heterocycles. The van der Waals surface area contributed by atoms with Gasteiger partial charge in [0.25, 0.3) is 0 Å². The summed E-state index contributed by atoms with van der Waals surface area (Å²) in [5.74, 6) is 0.695. The van der Waals surface area contributed by atoms with Gasteiger partial charge in [-0.05, 0) is 38.1 Å². The minimum atomic E-state index is -0.878. The zero-order valence-corrected chi connectivity index (χ0v) is 13.1. The van der Waals surface area contributed by atoms with E-state index in [0.29, 0.717) is 19.6 Å². The maximum atomic E-state index is 11.8. The summed E-state index contributed by atoms with van der Waals surface area (Å²) in [6.45, 7) is 3.99. The second-order valence-electron chi connectivity index (χ2n) is 5.11. The van der Waals surface area contributed by atoms with Gasteiger partial charge in [0.05, 0.1) is 18.6 Å². The van der Waals surface area contributed by atoms with Gasteiger partial charge in [-0.3, -0.25) is 4.79 Å². The molecule has 0 saturated heterocycles. The van der Waals surface area contributed by atoms with E-state index >= 15 is 0 Å². The zero-order valence-electron chi connectivity index (χ0n) is 11.5. The molecule has 1 aromatic rings. The van der Waals surface area contributed by atoms with E-state index in [4.69, 9.17) is 4.74 Å². The van der Waals surface area contributed by atoms with Gasteiger partial charge in [0.15, 0.2) is 0 Å². The number of likely N-dealkylation sites (N-methyl/N-ethyl adjacent to an activating group) is 1. The number of rotatable bonds is 6. The van der Waals surface area contributed by atoms with E-state index in [9.17, 15) is 9.90 Å². The van der Waals surface area contributed by atoms with E-state index in [1.165, 1.54) is 4.90 Å². The predicted molar refractivity (Wildman–Crippen MR) is 78.2 cm³/mol. The number of hydrogen-bond acceptors (Lipinski definition) is 3. The van der Waals surface area contributed by atoms with Gasteiger partial charge in [0.1, 0.15) is 5.75 Å². The lowest BCUT2D eigenvalue weighted by atomic mass is 10.1. The summed E-state index contributed by atoms with van der Waals surface area (Å²) in [6.07, 6.45) is 0.294. The fourth-order valence-electron chi connectivity index (χ4n) is 1.65. The zero-order chi connectivity index (χ0) is 14.5. The lowest BCUT2D eigenvalue weighted by Crippen LogP contribution is -2.40. The van der Waals surface area contributed by atoms with Crippen molar-refractivity contribution in [2.24, 2.45) is 0 Å². The van der Waals surface area contributed by atoms with Gasteiger partial charge in [-0.2, -0.15) is 0 Å². The lowest BCUT2D eigenvalue weighted by Gasteiger charge is -2.25. The fourth-order valence-corrected chi connectivity index (χ4v) is 1.91. The average molecular weight is 330 g/mol. The van der Waals surface area contributed by atoms with Crippen LogP contribution in [0.3, 0.4) is 0 Å². The van der Waals surface area contributed by atoms with Crippen LogP contribution in [-0.4, -0.2) is 41.7 Å². The molecule has 5 heteroatoms. The first kappa shape index (κ1) is 16.0. The molecule has 0 aliphatic rings. The number of amides is 1. The molecule has 0 fully saturated rings. The largest absolute Gasteiger partial charge is 0.493 e. The van der Waals surface area contributed by atoms with Crippen LogP contribution in [0, 0.1) is 0 Å². The van der Waals surface area contributed by atoms with Crippen LogP contribution < -0.4 is 4.74 Å². The van der Waals surface area contributed by atoms with Gasteiger partial charge < -0.3 is 14.7 Å². The van der Waals surface area contributed by atoms with Crippen LogP contribution in [0.5, 0.6) is 5.75 Å². The minimum Gasteiger partial charge on any atom is -0.493 e. The number of benzene rings is 1. The number of aliphatic hydroxyl groups is 1. The van der Waals surface area contributed by atoms with E-state index in [0.717, 1.165) is 10.2 Å². The summed E-state index contributed by atoms with van der Waals surface area (Å²) in [4.78, 5) is 13.3. The second kappa shape index (κ2) is 6.91. The summed E-state index contributed by atoms with van der Waals surface area (Å²) in [5.41, 5.74) is -0.878. The molecule has 1 N–H and O–H groups in total. The van der Waals surface area contributed by atoms with Crippen molar-refractivity contribution in [1.82, 2.24) is 4.90 Å². The Morgan fingerprint density at radius 1 is 1.37 bits per heavy atom. The normalized spacial score (nSPS) is 11.2. The van der Waals surface area contributed by atoms with Crippen molar-refractivity contribution in [3.8, 4) is 5.75 Å². The van der Waals surface area contributed by atoms with Crippen molar-refractivity contribution in [1.29, 1.82) is 0 Å². The first-order valence-electron chi connectivity index (χ1n) is 6.13. The van der Waals surface area contributed by atoms with E-state index in [-0.39, 0.29) is 5.91 Å². The van der Waals surface area contributed by atoms with Crippen molar-refractivity contribution in [2.75, 3.05) is 20.2 Å². The maximum Gasteiger partial charge on any atom is 0.225 e. The third-order valence-corrected chi connectivity index (χ3v) is 2.98. The smallest absolute Gasteiger partial charge is 0.225 e. The molecule has 1 rings (SSSR count). The fraction of sp³-hybridized carbons (Fsp3) is 0.500. The molecule has 0 aliphatic carbocycles. The molecular formula is C14H20BrNO3. The topological polar surface area (TPSA) is 49.8 Å². The van der Waals surface area contributed by atoms with Gasteiger partial charge >= 0.3 is 0 Å². The molecule has 0 bridgehead atoms. The molecule has 19 heavy (non-hydrogen) atoms. The summed E-state index contributed by atoms with van der Waals surface area (Å²) in [5, 5.41) is 9.64. The van der Waals surface area contributed by atoms with Crippen LogP contribution in [0.25, 0.3) is 0 Å². The number of carbonyl (C=O) groups is 1. The monoisotopic (exact) mass is 329 g/mol. The van der Waals surface area contributed by atoms with E-state index in [1.54, 1.807) is 20.9 Å². The Bertz CT molecular complexity index is 412. The number of halogens is 1. The highest BCUT2D eigenvalue weighted by atomic mass is 79.9. The molecule has 1 amide bonds. The first-order chi connectivity index (χ1) is 8.78. The predicted octanol–water partition coefficient (Wildman–Crippen LogP) is 2.45. The van der Waals surface area contributed by atoms with Crippen molar-refractivity contribution in [3.63, 3.8) is 0 Å². The van der Waals surface area contributed by atoms with Crippen molar-refractivity contribution >= 4 is 21.8 Å². The van der Waals surface area contributed by atoms with Crippen molar-refractivity contribution in [2.45, 2.75) is 25.9 Å². The molecular weight excluding hydrogens is 310 g/mol.